The van der Waals surface area contributed by atoms with Crippen molar-refractivity contribution in [2.75, 3.05) is 13.6 Å². The van der Waals surface area contributed by atoms with Gasteiger partial charge in [0.25, 0.3) is 0 Å². The van der Waals surface area contributed by atoms with Gasteiger partial charge in [-0.3, -0.25) is 9.67 Å². The third-order valence-electron chi connectivity index (χ3n) is 5.24. The molecule has 0 aliphatic heterocycles. The van der Waals surface area contributed by atoms with Crippen molar-refractivity contribution in [2.45, 2.75) is 55.7 Å². The molecule has 0 spiro atoms. The van der Waals surface area contributed by atoms with Crippen LogP contribution in [0.1, 0.15) is 36.7 Å². The molecule has 1 atom stereocenters. The molecule has 1 aromatic carbocycles. The van der Waals surface area contributed by atoms with Crippen molar-refractivity contribution >= 4 is 17.7 Å². The first-order valence-electron chi connectivity index (χ1n) is 9.63. The molecular formula is C21H31N5S. The molecule has 0 bridgehead atoms. The molecular weight excluding hydrogens is 354 g/mol. The van der Waals surface area contributed by atoms with Gasteiger partial charge in [-0.15, -0.1) is 11.8 Å². The molecule has 27 heavy (non-hydrogen) atoms. The van der Waals surface area contributed by atoms with Gasteiger partial charge in [0.05, 0.1) is 5.69 Å². The number of rotatable bonds is 7. The molecule has 2 aromatic rings. The maximum absolute atomic E-state index is 4.52. The number of hydrogen-bond donors (Lipinski definition) is 2. The van der Waals surface area contributed by atoms with Gasteiger partial charge >= 0.3 is 0 Å². The van der Waals surface area contributed by atoms with Crippen LogP contribution in [0.15, 0.2) is 40.2 Å². The topological polar surface area (TPSA) is 54.2 Å². The van der Waals surface area contributed by atoms with Crippen molar-refractivity contribution < 1.29 is 0 Å². The van der Waals surface area contributed by atoms with Crippen LogP contribution in [0.4, 0.5) is 0 Å². The summed E-state index contributed by atoms with van der Waals surface area (Å²) in [5.74, 6) is 0.877. The van der Waals surface area contributed by atoms with E-state index in [1.54, 1.807) is 0 Å². The third kappa shape index (κ3) is 5.06. The van der Waals surface area contributed by atoms with Crippen LogP contribution >= 0.6 is 11.8 Å². The number of thioether (sulfide) groups is 1. The second-order valence-electron chi connectivity index (χ2n) is 7.55. The highest BCUT2D eigenvalue weighted by Gasteiger charge is 2.43. The minimum atomic E-state index is 0.287. The van der Waals surface area contributed by atoms with Crippen LogP contribution in [0, 0.1) is 13.8 Å². The minimum Gasteiger partial charge on any atom is -0.355 e. The van der Waals surface area contributed by atoms with Gasteiger partial charge in [-0.05, 0) is 57.7 Å². The maximum Gasteiger partial charge on any atom is 0.191 e. The Hall–Kier alpha value is -1.95. The smallest absolute Gasteiger partial charge is 0.191 e. The van der Waals surface area contributed by atoms with E-state index in [1.807, 2.05) is 30.5 Å². The fourth-order valence-corrected chi connectivity index (χ4v) is 4.58. The van der Waals surface area contributed by atoms with Gasteiger partial charge in [0.1, 0.15) is 0 Å². The van der Waals surface area contributed by atoms with Gasteiger partial charge < -0.3 is 10.6 Å². The van der Waals surface area contributed by atoms with Crippen molar-refractivity contribution in [3.8, 4) is 0 Å². The van der Waals surface area contributed by atoms with Gasteiger partial charge in [0, 0.05) is 42.0 Å². The molecule has 1 fully saturated rings. The van der Waals surface area contributed by atoms with Gasteiger partial charge in [-0.1, -0.05) is 18.2 Å². The predicted molar refractivity (Wildman–Crippen MR) is 115 cm³/mol. The lowest BCUT2D eigenvalue weighted by Gasteiger charge is -2.21. The lowest BCUT2D eigenvalue weighted by Crippen LogP contribution is -2.45. The number of nitrogens with zero attached hydrogens (tertiary/aromatic N) is 3. The van der Waals surface area contributed by atoms with E-state index in [1.165, 1.54) is 29.0 Å². The summed E-state index contributed by atoms with van der Waals surface area (Å²) in [7, 11) is 3.84. The fraction of sp³-hybridized carbons (Fsp3) is 0.524. The molecule has 1 aromatic heterocycles. The molecule has 5 nitrogen and oxygen atoms in total. The molecule has 1 heterocycles. The summed E-state index contributed by atoms with van der Waals surface area (Å²) in [6.07, 6.45) is 3.44. The SMILES string of the molecule is CN=C(NCC1(Sc2ccccc2)CC1)NC(C)Cc1c(C)nn(C)c1C. The summed E-state index contributed by atoms with van der Waals surface area (Å²) in [6.45, 7) is 7.35. The number of hydrogen-bond acceptors (Lipinski definition) is 3. The molecule has 2 N–H and O–H groups in total. The average molecular weight is 386 g/mol. The lowest BCUT2D eigenvalue weighted by molar-refractivity contribution is 0.632. The summed E-state index contributed by atoms with van der Waals surface area (Å²) in [4.78, 5) is 5.77. The summed E-state index contributed by atoms with van der Waals surface area (Å²) in [5.41, 5.74) is 3.68. The maximum atomic E-state index is 4.52. The Labute approximate surface area is 167 Å². The first-order valence-corrected chi connectivity index (χ1v) is 10.4. The predicted octanol–water partition coefficient (Wildman–Crippen LogP) is 3.46. The van der Waals surface area contributed by atoms with E-state index in [0.29, 0.717) is 4.75 Å². The Morgan fingerprint density at radius 3 is 2.56 bits per heavy atom. The Kier molecular flexibility index (Phi) is 6.15. The van der Waals surface area contributed by atoms with E-state index >= 15 is 0 Å². The Balaban J connectivity index is 1.52. The Morgan fingerprint density at radius 1 is 1.30 bits per heavy atom. The summed E-state index contributed by atoms with van der Waals surface area (Å²) in [5, 5.41) is 11.6. The van der Waals surface area contributed by atoms with E-state index in [4.69, 9.17) is 0 Å². The third-order valence-corrected chi connectivity index (χ3v) is 6.73. The molecule has 3 rings (SSSR count). The summed E-state index contributed by atoms with van der Waals surface area (Å²) in [6, 6.07) is 11.0. The molecule has 146 valence electrons. The number of guanidine groups is 1. The molecule has 0 radical (unpaired) electrons. The summed E-state index contributed by atoms with van der Waals surface area (Å²) >= 11 is 1.98. The van der Waals surface area contributed by atoms with Gasteiger partial charge in [0.15, 0.2) is 5.96 Å². The van der Waals surface area contributed by atoms with Crippen LogP contribution < -0.4 is 10.6 Å². The van der Waals surface area contributed by atoms with E-state index in [9.17, 15) is 0 Å². The lowest BCUT2D eigenvalue weighted by atomic mass is 10.1. The van der Waals surface area contributed by atoms with E-state index < -0.39 is 0 Å². The van der Waals surface area contributed by atoms with Crippen molar-refractivity contribution in [3.05, 3.63) is 47.3 Å². The van der Waals surface area contributed by atoms with Crippen molar-refractivity contribution in [2.24, 2.45) is 12.0 Å². The van der Waals surface area contributed by atoms with Crippen molar-refractivity contribution in [3.63, 3.8) is 0 Å². The Bertz CT molecular complexity index is 792. The zero-order valence-corrected chi connectivity index (χ0v) is 17.9. The number of benzene rings is 1. The van der Waals surface area contributed by atoms with Crippen LogP contribution in [0.2, 0.25) is 0 Å². The van der Waals surface area contributed by atoms with Gasteiger partial charge in [-0.25, -0.2) is 0 Å². The highest BCUT2D eigenvalue weighted by Crippen LogP contribution is 2.51. The number of nitrogens with one attached hydrogen (secondary N) is 2. The standard InChI is InChI=1S/C21H31N5S/c1-15(13-19-16(2)25-26(5)17(19)3)24-20(22-4)23-14-21(11-12-21)27-18-9-7-6-8-10-18/h6-10,15H,11-14H2,1-5H3,(H2,22,23,24). The molecule has 1 saturated carbocycles. The van der Waals surface area contributed by atoms with Gasteiger partial charge in [-0.2, -0.15) is 5.10 Å². The zero-order chi connectivity index (χ0) is 19.4. The monoisotopic (exact) mass is 385 g/mol. The van der Waals surface area contributed by atoms with Crippen molar-refractivity contribution in [1.29, 1.82) is 0 Å². The number of aryl methyl sites for hydroxylation is 2. The van der Waals surface area contributed by atoms with Crippen molar-refractivity contribution in [1.82, 2.24) is 20.4 Å². The van der Waals surface area contributed by atoms with E-state index in [2.05, 4.69) is 71.8 Å². The molecule has 1 aliphatic carbocycles. The van der Waals surface area contributed by atoms with Crippen LogP contribution in [-0.2, 0) is 13.5 Å². The minimum absolute atomic E-state index is 0.287. The van der Waals surface area contributed by atoms with E-state index in [0.717, 1.165) is 24.6 Å². The molecule has 1 aliphatic rings. The first-order chi connectivity index (χ1) is 12.9. The van der Waals surface area contributed by atoms with Gasteiger partial charge in [0.2, 0.25) is 0 Å². The highest BCUT2D eigenvalue weighted by molar-refractivity contribution is 8.01. The van der Waals surface area contributed by atoms with Crippen LogP contribution in [-0.4, -0.2) is 40.1 Å². The molecule has 0 amide bonds. The normalized spacial score (nSPS) is 16.9. The van der Waals surface area contributed by atoms with Crippen LogP contribution in [0.25, 0.3) is 0 Å². The fourth-order valence-electron chi connectivity index (χ4n) is 3.34. The molecule has 6 heteroatoms. The van der Waals surface area contributed by atoms with Crippen LogP contribution in [0.5, 0.6) is 0 Å². The average Bonchev–Trinajstić information content (AvgIpc) is 3.37. The second-order valence-corrected chi connectivity index (χ2v) is 9.09. The Morgan fingerprint density at radius 2 is 2.00 bits per heavy atom. The highest BCUT2D eigenvalue weighted by atomic mass is 32.2. The first kappa shape index (κ1) is 19.8. The van der Waals surface area contributed by atoms with Crippen LogP contribution in [0.3, 0.4) is 0 Å². The van der Waals surface area contributed by atoms with E-state index in [-0.39, 0.29) is 6.04 Å². The summed E-state index contributed by atoms with van der Waals surface area (Å²) < 4.78 is 2.26. The molecule has 0 saturated heterocycles. The molecule has 1 unspecified atom stereocenters. The number of aliphatic imine (C=N–C) groups is 1. The quantitative estimate of drug-likeness (QED) is 0.566. The largest absolute Gasteiger partial charge is 0.355 e. The second kappa shape index (κ2) is 8.38. The zero-order valence-electron chi connectivity index (χ0n) is 17.0. The number of aromatic nitrogens is 2.